The lowest BCUT2D eigenvalue weighted by atomic mass is 9.87. The van der Waals surface area contributed by atoms with Crippen molar-refractivity contribution in [3.05, 3.63) is 88.6 Å². The Bertz CT molecular complexity index is 919. The van der Waals surface area contributed by atoms with Crippen molar-refractivity contribution in [1.29, 1.82) is 0 Å². The number of rotatable bonds is 7. The third kappa shape index (κ3) is 5.41. The van der Waals surface area contributed by atoms with Crippen LogP contribution in [-0.2, 0) is 10.3 Å². The summed E-state index contributed by atoms with van der Waals surface area (Å²) in [5.41, 5.74) is 6.91. The highest BCUT2D eigenvalue weighted by Crippen LogP contribution is 2.35. The quantitative estimate of drug-likeness (QED) is 0.597. The maximum atomic E-state index is 9.72. The summed E-state index contributed by atoms with van der Waals surface area (Å²) in [4.78, 5) is 0. The van der Waals surface area contributed by atoms with Crippen molar-refractivity contribution in [2.75, 3.05) is 0 Å². The molecule has 0 bridgehead atoms. The fraction of sp³-hybridized carbons (Fsp3) is 0.407. The molecule has 30 heavy (non-hydrogen) atoms. The van der Waals surface area contributed by atoms with Gasteiger partial charge in [-0.05, 0) is 88.6 Å². The van der Waals surface area contributed by atoms with Gasteiger partial charge in [-0.3, -0.25) is 0 Å². The van der Waals surface area contributed by atoms with E-state index in [1.807, 2.05) is 13.1 Å². The second-order valence-electron chi connectivity index (χ2n) is 9.09. The molecule has 0 fully saturated rings. The minimum atomic E-state index is -0.471. The molecule has 3 heteroatoms. The van der Waals surface area contributed by atoms with E-state index in [1.54, 1.807) is 6.92 Å². The van der Waals surface area contributed by atoms with Crippen LogP contribution >= 0.6 is 0 Å². The molecule has 0 aromatic heterocycles. The zero-order valence-electron chi connectivity index (χ0n) is 19.1. The summed E-state index contributed by atoms with van der Waals surface area (Å²) in [6.07, 6.45) is 6.68. The van der Waals surface area contributed by atoms with Crippen molar-refractivity contribution < 1.29 is 9.84 Å². The van der Waals surface area contributed by atoms with Crippen molar-refractivity contribution >= 4 is 5.57 Å². The molecular formula is C27H35NO2. The molecule has 1 aliphatic rings. The summed E-state index contributed by atoms with van der Waals surface area (Å²) >= 11 is 0. The number of aliphatic hydroxyl groups is 1. The summed E-state index contributed by atoms with van der Waals surface area (Å²) in [7, 11) is 0. The van der Waals surface area contributed by atoms with E-state index in [2.05, 4.69) is 87.6 Å². The number of aliphatic hydroxyl groups excluding tert-OH is 1. The van der Waals surface area contributed by atoms with Crippen LogP contribution < -0.4 is 5.32 Å². The van der Waals surface area contributed by atoms with Crippen LogP contribution in [-0.4, -0.2) is 17.3 Å². The fourth-order valence-electron chi connectivity index (χ4n) is 4.45. The van der Waals surface area contributed by atoms with Gasteiger partial charge < -0.3 is 15.2 Å². The number of nitrogens with one attached hydrogen (secondary N) is 1. The number of ether oxygens (including phenoxy) is 1. The first-order valence-electron chi connectivity index (χ1n) is 10.8. The molecule has 2 aromatic rings. The Kier molecular flexibility index (Phi) is 6.84. The van der Waals surface area contributed by atoms with Gasteiger partial charge in [-0.25, -0.2) is 0 Å². The summed E-state index contributed by atoms with van der Waals surface area (Å²) < 4.78 is 6.38. The largest absolute Gasteiger partial charge is 0.393 e. The molecule has 3 atom stereocenters. The minimum absolute atomic E-state index is 0.0337. The van der Waals surface area contributed by atoms with Crippen LogP contribution in [0.2, 0.25) is 0 Å². The molecule has 2 aromatic carbocycles. The van der Waals surface area contributed by atoms with Crippen LogP contribution in [0.1, 0.15) is 68.0 Å². The zero-order chi connectivity index (χ0) is 21.9. The molecule has 3 nitrogen and oxygen atoms in total. The highest BCUT2D eigenvalue weighted by atomic mass is 16.5. The highest BCUT2D eigenvalue weighted by Gasteiger charge is 2.29. The summed E-state index contributed by atoms with van der Waals surface area (Å²) in [6, 6.07) is 15.2. The van der Waals surface area contributed by atoms with Gasteiger partial charge in [-0.15, -0.1) is 0 Å². The Labute approximate surface area is 181 Å². The van der Waals surface area contributed by atoms with Crippen molar-refractivity contribution in [2.24, 2.45) is 0 Å². The van der Waals surface area contributed by atoms with E-state index in [1.165, 1.54) is 27.8 Å². The number of hydrogen-bond acceptors (Lipinski definition) is 3. The second kappa shape index (κ2) is 9.20. The molecule has 0 radical (unpaired) electrons. The molecule has 1 aliphatic heterocycles. The van der Waals surface area contributed by atoms with Gasteiger partial charge in [0.1, 0.15) is 0 Å². The van der Waals surface area contributed by atoms with Gasteiger partial charge in [0.2, 0.25) is 0 Å². The maximum Gasteiger partial charge on any atom is 0.0882 e. The molecule has 0 spiro atoms. The minimum Gasteiger partial charge on any atom is -0.393 e. The van der Waals surface area contributed by atoms with Crippen molar-refractivity contribution in [3.63, 3.8) is 0 Å². The molecule has 3 unspecified atom stereocenters. The van der Waals surface area contributed by atoms with Crippen LogP contribution in [0.4, 0.5) is 0 Å². The van der Waals surface area contributed by atoms with Gasteiger partial charge in [0, 0.05) is 0 Å². The van der Waals surface area contributed by atoms with E-state index in [-0.39, 0.29) is 18.2 Å². The second-order valence-corrected chi connectivity index (χ2v) is 9.09. The smallest absolute Gasteiger partial charge is 0.0882 e. The predicted octanol–water partition coefficient (Wildman–Crippen LogP) is 5.96. The van der Waals surface area contributed by atoms with Gasteiger partial charge >= 0.3 is 0 Å². The molecular weight excluding hydrogens is 370 g/mol. The molecule has 0 aliphatic carbocycles. The fourth-order valence-corrected chi connectivity index (χ4v) is 4.45. The number of benzene rings is 2. The van der Waals surface area contributed by atoms with E-state index in [0.717, 1.165) is 5.56 Å². The lowest BCUT2D eigenvalue weighted by molar-refractivity contribution is -0.0822. The Balaban J connectivity index is 1.93. The number of aryl methyl sites for hydroxylation is 2. The van der Waals surface area contributed by atoms with Crippen molar-refractivity contribution in [2.45, 2.75) is 71.8 Å². The standard InChI is InChI=1S/C27H35NO2/c1-18-13-19(2)15-23(14-18)22-11-12-28-26(17-22)24-9-7-8-10-25(24)27(5,6)30-21(4)16-20(3)29/h7-15,17,20-21,26,28-29H,16H2,1-6H3. The highest BCUT2D eigenvalue weighted by molar-refractivity contribution is 5.76. The van der Waals surface area contributed by atoms with Crippen LogP contribution in [0.15, 0.2) is 60.8 Å². The summed E-state index contributed by atoms with van der Waals surface area (Å²) in [5, 5.41) is 13.2. The van der Waals surface area contributed by atoms with Crippen LogP contribution in [0.25, 0.3) is 5.57 Å². The van der Waals surface area contributed by atoms with E-state index in [0.29, 0.717) is 6.42 Å². The van der Waals surface area contributed by atoms with Crippen LogP contribution in [0.5, 0.6) is 0 Å². The number of hydrogen-bond donors (Lipinski definition) is 2. The first-order valence-corrected chi connectivity index (χ1v) is 10.8. The first-order chi connectivity index (χ1) is 14.2. The van der Waals surface area contributed by atoms with Gasteiger partial charge in [0.15, 0.2) is 0 Å². The molecule has 0 saturated carbocycles. The van der Waals surface area contributed by atoms with Gasteiger partial charge in [0.25, 0.3) is 0 Å². The SMILES string of the molecule is Cc1cc(C)cc(C2=CC(c3ccccc3C(C)(C)OC(C)CC(C)O)NC=C2)c1. The third-order valence-electron chi connectivity index (χ3n) is 5.55. The molecule has 1 heterocycles. The lowest BCUT2D eigenvalue weighted by Crippen LogP contribution is -2.31. The Morgan fingerprint density at radius 2 is 1.73 bits per heavy atom. The molecule has 160 valence electrons. The van der Waals surface area contributed by atoms with Crippen LogP contribution in [0.3, 0.4) is 0 Å². The van der Waals surface area contributed by atoms with Crippen molar-refractivity contribution in [1.82, 2.24) is 5.32 Å². The normalized spacial score (nSPS) is 18.5. The van der Waals surface area contributed by atoms with Crippen molar-refractivity contribution in [3.8, 4) is 0 Å². The number of dihydropyridines is 1. The molecule has 2 N–H and O–H groups in total. The Morgan fingerprint density at radius 1 is 1.07 bits per heavy atom. The van der Waals surface area contributed by atoms with Gasteiger partial charge in [0.05, 0.1) is 23.9 Å². The molecule has 3 rings (SSSR count). The lowest BCUT2D eigenvalue weighted by Gasteiger charge is -2.34. The average Bonchev–Trinajstić information content (AvgIpc) is 2.66. The van der Waals surface area contributed by atoms with Crippen LogP contribution in [0, 0.1) is 13.8 Å². The third-order valence-corrected chi connectivity index (χ3v) is 5.55. The summed E-state index contributed by atoms with van der Waals surface area (Å²) in [6.45, 7) is 12.3. The maximum absolute atomic E-state index is 9.72. The topological polar surface area (TPSA) is 41.5 Å². The first kappa shape index (κ1) is 22.3. The predicted molar refractivity (Wildman–Crippen MR) is 125 cm³/mol. The van der Waals surface area contributed by atoms with E-state index in [9.17, 15) is 5.11 Å². The monoisotopic (exact) mass is 405 g/mol. The zero-order valence-corrected chi connectivity index (χ0v) is 19.1. The van der Waals surface area contributed by atoms with E-state index in [4.69, 9.17) is 4.74 Å². The van der Waals surface area contributed by atoms with E-state index < -0.39 is 5.60 Å². The molecule has 0 saturated heterocycles. The summed E-state index contributed by atoms with van der Waals surface area (Å²) in [5.74, 6) is 0. The number of allylic oxidation sites excluding steroid dienone is 2. The Hall–Kier alpha value is -2.36. The van der Waals surface area contributed by atoms with Gasteiger partial charge in [-0.1, -0.05) is 53.6 Å². The van der Waals surface area contributed by atoms with Gasteiger partial charge in [-0.2, -0.15) is 0 Å². The average molecular weight is 406 g/mol. The Morgan fingerprint density at radius 3 is 2.40 bits per heavy atom. The molecule has 0 amide bonds. The van der Waals surface area contributed by atoms with E-state index >= 15 is 0 Å².